The Hall–Kier alpha value is -0.240. The fourth-order valence-electron chi connectivity index (χ4n) is 0.503. The van der Waals surface area contributed by atoms with Crippen molar-refractivity contribution >= 4 is 18.0 Å². The van der Waals surface area contributed by atoms with Crippen molar-refractivity contribution in [3.8, 4) is 0 Å². The van der Waals surface area contributed by atoms with Gasteiger partial charge in [-0.3, -0.25) is 4.99 Å². The van der Waals surface area contributed by atoms with Crippen molar-refractivity contribution in [2.24, 2.45) is 4.99 Å². The van der Waals surface area contributed by atoms with Crippen molar-refractivity contribution in [1.82, 2.24) is 0 Å². The van der Waals surface area contributed by atoms with Crippen LogP contribution in [0.4, 0.5) is 0 Å². The van der Waals surface area contributed by atoms with Gasteiger partial charge in [0.2, 0.25) is 0 Å². The quantitative estimate of drug-likeness (QED) is 0.540. The monoisotopic (exact) mass is 143 g/mol. The van der Waals surface area contributed by atoms with Gasteiger partial charge in [-0.1, -0.05) is 5.57 Å². The van der Waals surface area contributed by atoms with Crippen LogP contribution in [-0.2, 0) is 0 Å². The number of nitrogens with zero attached hydrogens (tertiary/aromatic N) is 1. The summed E-state index contributed by atoms with van der Waals surface area (Å²) >= 11 is 1.73. The third kappa shape index (κ3) is 3.36. The van der Waals surface area contributed by atoms with E-state index >= 15 is 0 Å². The molecular weight excluding hydrogens is 130 g/mol. The van der Waals surface area contributed by atoms with Crippen LogP contribution in [-0.4, -0.2) is 19.5 Å². The van der Waals surface area contributed by atoms with Gasteiger partial charge in [0.1, 0.15) is 0 Å². The van der Waals surface area contributed by atoms with E-state index in [0.29, 0.717) is 0 Å². The minimum atomic E-state index is 1.26. The molecule has 0 aliphatic carbocycles. The van der Waals surface area contributed by atoms with Crippen molar-refractivity contribution in [3.05, 3.63) is 10.5 Å². The van der Waals surface area contributed by atoms with Crippen molar-refractivity contribution in [2.75, 3.05) is 13.3 Å². The molecule has 0 aromatic rings. The molecule has 0 heterocycles. The lowest BCUT2D eigenvalue weighted by Gasteiger charge is -1.96. The third-order valence-electron chi connectivity index (χ3n) is 0.959. The Morgan fingerprint density at radius 1 is 1.44 bits per heavy atom. The zero-order valence-electron chi connectivity index (χ0n) is 6.43. The Bertz CT molecular complexity index is 132. The SMILES string of the molecule is CN=CC(SC)=C(C)C. The van der Waals surface area contributed by atoms with Crippen LogP contribution in [0.3, 0.4) is 0 Å². The Kier molecular flexibility index (Phi) is 4.50. The van der Waals surface area contributed by atoms with Gasteiger partial charge in [0.05, 0.1) is 0 Å². The zero-order chi connectivity index (χ0) is 7.28. The van der Waals surface area contributed by atoms with E-state index in [0.717, 1.165) is 0 Å². The Balaban J connectivity index is 4.16. The minimum Gasteiger partial charge on any atom is -0.295 e. The maximum Gasteiger partial charge on any atom is 0.0344 e. The third-order valence-corrected chi connectivity index (χ3v) is 1.91. The van der Waals surface area contributed by atoms with E-state index in [4.69, 9.17) is 0 Å². The van der Waals surface area contributed by atoms with Gasteiger partial charge in [0.25, 0.3) is 0 Å². The molecule has 0 aliphatic heterocycles. The summed E-state index contributed by atoms with van der Waals surface area (Å²) in [6.45, 7) is 4.18. The molecule has 0 atom stereocenters. The Morgan fingerprint density at radius 3 is 2.11 bits per heavy atom. The average molecular weight is 143 g/mol. The molecule has 0 radical (unpaired) electrons. The predicted molar refractivity (Wildman–Crippen MR) is 46.3 cm³/mol. The molecule has 1 nitrogen and oxygen atoms in total. The summed E-state index contributed by atoms with van der Waals surface area (Å²) in [7, 11) is 1.79. The van der Waals surface area contributed by atoms with Crippen LogP contribution in [0.2, 0.25) is 0 Å². The molecule has 9 heavy (non-hydrogen) atoms. The van der Waals surface area contributed by atoms with Gasteiger partial charge < -0.3 is 0 Å². The highest BCUT2D eigenvalue weighted by molar-refractivity contribution is 8.03. The standard InChI is InChI=1S/C7H13NS/c1-6(2)7(9-4)5-8-3/h5H,1-4H3. The molecule has 0 rings (SSSR count). The smallest absolute Gasteiger partial charge is 0.0344 e. The second kappa shape index (κ2) is 4.62. The molecule has 0 aliphatic rings. The van der Waals surface area contributed by atoms with E-state index in [2.05, 4.69) is 25.1 Å². The summed E-state index contributed by atoms with van der Waals surface area (Å²) in [5.74, 6) is 0. The molecule has 0 spiro atoms. The first-order valence-corrected chi connectivity index (χ1v) is 4.08. The molecule has 0 fully saturated rings. The van der Waals surface area contributed by atoms with E-state index in [1.165, 1.54) is 10.5 Å². The number of hydrogen-bond donors (Lipinski definition) is 0. The molecule has 0 aromatic heterocycles. The molecule has 0 saturated heterocycles. The lowest BCUT2D eigenvalue weighted by molar-refractivity contribution is 1.38. The molecule has 0 bridgehead atoms. The van der Waals surface area contributed by atoms with Gasteiger partial charge in [0.15, 0.2) is 0 Å². The highest BCUT2D eigenvalue weighted by atomic mass is 32.2. The topological polar surface area (TPSA) is 12.4 Å². The Labute approximate surface area is 61.3 Å². The number of aliphatic imine (C=N–C) groups is 1. The van der Waals surface area contributed by atoms with Crippen LogP contribution >= 0.6 is 11.8 Å². The molecule has 2 heteroatoms. The molecule has 0 unspecified atom stereocenters. The second-order valence-electron chi connectivity index (χ2n) is 1.96. The number of thioether (sulfide) groups is 1. The first-order chi connectivity index (χ1) is 4.22. The summed E-state index contributed by atoms with van der Waals surface area (Å²) in [4.78, 5) is 5.19. The summed E-state index contributed by atoms with van der Waals surface area (Å²) in [6.07, 6.45) is 3.95. The molecule has 0 saturated carbocycles. The molecular formula is C7H13NS. The van der Waals surface area contributed by atoms with Gasteiger partial charge in [0, 0.05) is 18.2 Å². The second-order valence-corrected chi connectivity index (χ2v) is 2.80. The van der Waals surface area contributed by atoms with Gasteiger partial charge >= 0.3 is 0 Å². The highest BCUT2D eigenvalue weighted by Gasteiger charge is 1.89. The van der Waals surface area contributed by atoms with Gasteiger partial charge in [-0.15, -0.1) is 11.8 Å². The lowest BCUT2D eigenvalue weighted by atomic mass is 10.3. The van der Waals surface area contributed by atoms with Crippen LogP contribution in [0.1, 0.15) is 13.8 Å². The van der Waals surface area contributed by atoms with Gasteiger partial charge in [-0.2, -0.15) is 0 Å². The van der Waals surface area contributed by atoms with E-state index in [9.17, 15) is 0 Å². The van der Waals surface area contributed by atoms with E-state index in [1.54, 1.807) is 18.8 Å². The summed E-state index contributed by atoms with van der Waals surface area (Å²) in [5.41, 5.74) is 1.33. The van der Waals surface area contributed by atoms with Crippen LogP contribution < -0.4 is 0 Å². The van der Waals surface area contributed by atoms with Crippen LogP contribution in [0.15, 0.2) is 15.5 Å². The maximum absolute atomic E-state index is 3.92. The van der Waals surface area contributed by atoms with Crippen molar-refractivity contribution in [3.63, 3.8) is 0 Å². The van der Waals surface area contributed by atoms with Crippen molar-refractivity contribution in [2.45, 2.75) is 13.8 Å². The van der Waals surface area contributed by atoms with Gasteiger partial charge in [-0.05, 0) is 20.1 Å². The first kappa shape index (κ1) is 8.76. The highest BCUT2D eigenvalue weighted by Crippen LogP contribution is 2.13. The maximum atomic E-state index is 3.92. The molecule has 0 N–H and O–H groups in total. The fraction of sp³-hybridized carbons (Fsp3) is 0.571. The summed E-state index contributed by atoms with van der Waals surface area (Å²) in [5, 5.41) is 0. The van der Waals surface area contributed by atoms with Crippen molar-refractivity contribution in [1.29, 1.82) is 0 Å². The molecule has 0 aromatic carbocycles. The molecule has 0 amide bonds. The predicted octanol–water partition coefficient (Wildman–Crippen LogP) is 2.34. The largest absolute Gasteiger partial charge is 0.295 e. The first-order valence-electron chi connectivity index (χ1n) is 2.86. The van der Waals surface area contributed by atoms with Crippen molar-refractivity contribution < 1.29 is 0 Å². The van der Waals surface area contributed by atoms with E-state index < -0.39 is 0 Å². The fourth-order valence-corrected chi connectivity index (χ4v) is 1.12. The zero-order valence-corrected chi connectivity index (χ0v) is 7.25. The van der Waals surface area contributed by atoms with Crippen LogP contribution in [0, 0.1) is 0 Å². The summed E-state index contributed by atoms with van der Waals surface area (Å²) < 4.78 is 0. The normalized spacial score (nSPS) is 10.2. The number of rotatable bonds is 2. The van der Waals surface area contributed by atoms with Crippen LogP contribution in [0.5, 0.6) is 0 Å². The molecule has 52 valence electrons. The van der Waals surface area contributed by atoms with E-state index in [1.807, 2.05) is 6.21 Å². The lowest BCUT2D eigenvalue weighted by Crippen LogP contribution is -1.80. The average Bonchev–Trinajstić information content (AvgIpc) is 1.82. The van der Waals surface area contributed by atoms with E-state index in [-0.39, 0.29) is 0 Å². The van der Waals surface area contributed by atoms with Gasteiger partial charge in [-0.25, -0.2) is 0 Å². The Morgan fingerprint density at radius 2 is 2.00 bits per heavy atom. The minimum absolute atomic E-state index is 1.26. The van der Waals surface area contributed by atoms with Crippen LogP contribution in [0.25, 0.3) is 0 Å². The summed E-state index contributed by atoms with van der Waals surface area (Å²) in [6, 6.07) is 0. The number of hydrogen-bond acceptors (Lipinski definition) is 2. The number of allylic oxidation sites excluding steroid dienone is 2.